The Morgan fingerprint density at radius 3 is 2.48 bits per heavy atom. The monoisotopic (exact) mass is 444 g/mol. The molecule has 6 nitrogen and oxygen atoms in total. The molecule has 1 aliphatic heterocycles. The molecule has 2 heterocycles. The minimum Gasteiger partial charge on any atom is -0.507 e. The molecule has 0 spiro atoms. The van der Waals surface area contributed by atoms with Crippen molar-refractivity contribution in [3.05, 3.63) is 114 Å². The number of nitrogens with zero attached hydrogens (tertiary/aromatic N) is 2. The molecule has 7 heteroatoms. The lowest BCUT2D eigenvalue weighted by Gasteiger charge is -2.25. The van der Waals surface area contributed by atoms with Crippen LogP contribution in [0.3, 0.4) is 0 Å². The molecule has 1 aromatic heterocycles. The molecule has 0 bridgehead atoms. The van der Waals surface area contributed by atoms with Crippen LogP contribution in [0.1, 0.15) is 22.7 Å². The van der Waals surface area contributed by atoms with E-state index in [2.05, 4.69) is 11.6 Å². The van der Waals surface area contributed by atoms with Gasteiger partial charge in [0, 0.05) is 24.5 Å². The number of carbonyl (C=O) groups is 2. The average Bonchev–Trinajstić information content (AvgIpc) is 3.08. The predicted octanol–water partition coefficient (Wildman–Crippen LogP) is 4.41. The minimum absolute atomic E-state index is 0.0599. The van der Waals surface area contributed by atoms with Crippen molar-refractivity contribution in [1.29, 1.82) is 0 Å². The highest BCUT2D eigenvalue weighted by atomic mass is 19.1. The number of hydrogen-bond acceptors (Lipinski definition) is 5. The third-order valence-corrected chi connectivity index (χ3v) is 5.30. The van der Waals surface area contributed by atoms with Crippen molar-refractivity contribution in [2.75, 3.05) is 6.61 Å². The Hall–Kier alpha value is -4.26. The molecule has 1 aliphatic rings. The number of aliphatic hydroxyl groups is 1. The van der Waals surface area contributed by atoms with Gasteiger partial charge in [-0.25, -0.2) is 4.39 Å². The van der Waals surface area contributed by atoms with Crippen molar-refractivity contribution in [3.8, 4) is 5.75 Å². The molecular formula is C26H21FN2O4. The summed E-state index contributed by atoms with van der Waals surface area (Å²) in [5.41, 5.74) is 1.53. The first-order valence-electron chi connectivity index (χ1n) is 10.3. The summed E-state index contributed by atoms with van der Waals surface area (Å²) >= 11 is 0. The molecule has 2 aromatic carbocycles. The first-order valence-corrected chi connectivity index (χ1v) is 10.3. The predicted molar refractivity (Wildman–Crippen MR) is 121 cm³/mol. The quantitative estimate of drug-likeness (QED) is 0.253. The molecule has 3 aromatic rings. The van der Waals surface area contributed by atoms with Gasteiger partial charge in [-0.1, -0.05) is 30.9 Å². The van der Waals surface area contributed by atoms with Crippen LogP contribution in [0, 0.1) is 5.82 Å². The second kappa shape index (κ2) is 9.48. The molecule has 1 N–H and O–H groups in total. The first kappa shape index (κ1) is 22.0. The second-order valence-corrected chi connectivity index (χ2v) is 7.46. The van der Waals surface area contributed by atoms with Crippen LogP contribution >= 0.6 is 0 Å². The smallest absolute Gasteiger partial charge is 0.295 e. The van der Waals surface area contributed by atoms with Crippen molar-refractivity contribution >= 4 is 17.4 Å². The van der Waals surface area contributed by atoms with Crippen molar-refractivity contribution in [2.45, 2.75) is 12.6 Å². The number of likely N-dealkylation sites (tertiary alicyclic amines) is 1. The van der Waals surface area contributed by atoms with Gasteiger partial charge in [-0.15, -0.1) is 0 Å². The SMILES string of the molecule is C=CCOc1ccc([C@H]2C(=C(O)c3ccc(F)cc3)C(=O)C(=O)N2Cc2cccnc2)cc1. The average molecular weight is 444 g/mol. The maximum absolute atomic E-state index is 13.4. The van der Waals surface area contributed by atoms with Crippen LogP contribution < -0.4 is 4.74 Å². The van der Waals surface area contributed by atoms with Crippen molar-refractivity contribution in [2.24, 2.45) is 0 Å². The Morgan fingerprint density at radius 2 is 1.85 bits per heavy atom. The fourth-order valence-electron chi connectivity index (χ4n) is 3.74. The van der Waals surface area contributed by atoms with Crippen molar-refractivity contribution < 1.29 is 23.8 Å². The van der Waals surface area contributed by atoms with E-state index in [4.69, 9.17) is 4.74 Å². The van der Waals surface area contributed by atoms with E-state index in [1.54, 1.807) is 54.9 Å². The van der Waals surface area contributed by atoms with Gasteiger partial charge in [-0.05, 0) is 53.6 Å². The summed E-state index contributed by atoms with van der Waals surface area (Å²) in [4.78, 5) is 31.5. The summed E-state index contributed by atoms with van der Waals surface area (Å²) in [6, 6.07) is 14.7. The second-order valence-electron chi connectivity index (χ2n) is 7.46. The number of benzene rings is 2. The summed E-state index contributed by atoms with van der Waals surface area (Å²) in [5, 5.41) is 11.0. The van der Waals surface area contributed by atoms with Gasteiger partial charge in [0.15, 0.2) is 0 Å². The van der Waals surface area contributed by atoms with Crippen LogP contribution in [0.25, 0.3) is 5.76 Å². The molecule has 1 saturated heterocycles. The Bertz CT molecular complexity index is 1210. The van der Waals surface area contributed by atoms with E-state index >= 15 is 0 Å². The van der Waals surface area contributed by atoms with E-state index in [0.29, 0.717) is 17.9 Å². The molecule has 166 valence electrons. The fourth-order valence-corrected chi connectivity index (χ4v) is 3.74. The molecule has 0 unspecified atom stereocenters. The van der Waals surface area contributed by atoms with E-state index in [1.165, 1.54) is 29.2 Å². The maximum Gasteiger partial charge on any atom is 0.295 e. The lowest BCUT2D eigenvalue weighted by atomic mass is 9.95. The number of carbonyl (C=O) groups excluding carboxylic acids is 2. The summed E-state index contributed by atoms with van der Waals surface area (Å²) in [7, 11) is 0. The number of Topliss-reactive ketones (excluding diaryl/α,β-unsaturated/α-hetero) is 1. The standard InChI is InChI=1S/C26H21FN2O4/c1-2-14-33-21-11-7-18(8-12-21)23-22(24(30)19-5-9-20(27)10-6-19)25(31)26(32)29(23)16-17-4-3-13-28-15-17/h2-13,15,23,30H,1,14,16H2/t23-/m0/s1. The molecule has 1 atom stereocenters. The number of ether oxygens (including phenoxy) is 1. The number of pyridine rings is 1. The maximum atomic E-state index is 13.4. The molecule has 1 fully saturated rings. The Kier molecular flexibility index (Phi) is 6.31. The number of hydrogen-bond donors (Lipinski definition) is 1. The van der Waals surface area contributed by atoms with Crippen LogP contribution in [0.15, 0.2) is 91.3 Å². The number of ketones is 1. The minimum atomic E-state index is -0.844. The molecule has 1 amide bonds. The van der Waals surface area contributed by atoms with Crippen LogP contribution in [-0.4, -0.2) is 33.3 Å². The number of aliphatic hydroxyl groups excluding tert-OH is 1. The lowest BCUT2D eigenvalue weighted by Crippen LogP contribution is -2.29. The van der Waals surface area contributed by atoms with E-state index in [-0.39, 0.29) is 23.4 Å². The van der Waals surface area contributed by atoms with Crippen LogP contribution in [-0.2, 0) is 16.1 Å². The summed E-state index contributed by atoms with van der Waals surface area (Å²) in [5.74, 6) is -1.78. The van der Waals surface area contributed by atoms with Gasteiger partial charge in [0.1, 0.15) is 23.9 Å². The largest absolute Gasteiger partial charge is 0.507 e. The highest BCUT2D eigenvalue weighted by Gasteiger charge is 2.46. The van der Waals surface area contributed by atoms with Crippen LogP contribution in [0.2, 0.25) is 0 Å². The first-order chi connectivity index (χ1) is 16.0. The fraction of sp³-hybridized carbons (Fsp3) is 0.115. The Morgan fingerprint density at radius 1 is 1.12 bits per heavy atom. The Labute approximate surface area is 190 Å². The van der Waals surface area contributed by atoms with Gasteiger partial charge in [-0.2, -0.15) is 0 Å². The molecule has 4 rings (SSSR count). The molecule has 0 aliphatic carbocycles. The van der Waals surface area contributed by atoms with Crippen LogP contribution in [0.4, 0.5) is 4.39 Å². The number of rotatable bonds is 7. The zero-order chi connectivity index (χ0) is 23.4. The summed E-state index contributed by atoms with van der Waals surface area (Å²) < 4.78 is 18.9. The number of aromatic nitrogens is 1. The lowest BCUT2D eigenvalue weighted by molar-refractivity contribution is -0.140. The van der Waals surface area contributed by atoms with Gasteiger partial charge in [0.25, 0.3) is 11.7 Å². The normalized spacial score (nSPS) is 17.2. The van der Waals surface area contributed by atoms with E-state index < -0.39 is 23.5 Å². The molecular weight excluding hydrogens is 423 g/mol. The highest BCUT2D eigenvalue weighted by molar-refractivity contribution is 6.46. The van der Waals surface area contributed by atoms with Gasteiger partial charge in [0.2, 0.25) is 0 Å². The van der Waals surface area contributed by atoms with Crippen molar-refractivity contribution in [1.82, 2.24) is 9.88 Å². The zero-order valence-corrected chi connectivity index (χ0v) is 17.6. The summed E-state index contributed by atoms with van der Waals surface area (Å²) in [6.07, 6.45) is 4.85. The molecule has 0 radical (unpaired) electrons. The molecule has 33 heavy (non-hydrogen) atoms. The van der Waals surface area contributed by atoms with E-state index in [1.807, 2.05) is 0 Å². The van der Waals surface area contributed by atoms with E-state index in [0.717, 1.165) is 5.56 Å². The Balaban J connectivity index is 1.80. The number of amides is 1. The van der Waals surface area contributed by atoms with Crippen LogP contribution in [0.5, 0.6) is 5.75 Å². The molecule has 0 saturated carbocycles. The van der Waals surface area contributed by atoms with E-state index in [9.17, 15) is 19.1 Å². The van der Waals surface area contributed by atoms with Gasteiger partial charge < -0.3 is 14.7 Å². The number of halogens is 1. The summed E-state index contributed by atoms with van der Waals surface area (Å²) in [6.45, 7) is 4.08. The van der Waals surface area contributed by atoms with Crippen molar-refractivity contribution in [3.63, 3.8) is 0 Å². The van der Waals surface area contributed by atoms with Gasteiger partial charge in [-0.3, -0.25) is 14.6 Å². The van der Waals surface area contributed by atoms with Gasteiger partial charge in [0.05, 0.1) is 11.6 Å². The topological polar surface area (TPSA) is 79.7 Å². The zero-order valence-electron chi connectivity index (χ0n) is 17.6. The highest BCUT2D eigenvalue weighted by Crippen LogP contribution is 2.40. The third-order valence-electron chi connectivity index (χ3n) is 5.30. The third kappa shape index (κ3) is 4.52. The van der Waals surface area contributed by atoms with Gasteiger partial charge >= 0.3 is 0 Å².